The zero-order valence-corrected chi connectivity index (χ0v) is 16.5. The molecule has 0 atom stereocenters. The van der Waals surface area contributed by atoms with Crippen molar-refractivity contribution in [3.8, 4) is 0 Å². The normalized spacial score (nSPS) is 10.4. The molecule has 0 fully saturated rings. The fourth-order valence-corrected chi connectivity index (χ4v) is 3.12. The smallest absolute Gasteiger partial charge is 0.321 e. The van der Waals surface area contributed by atoms with Crippen molar-refractivity contribution in [1.29, 1.82) is 0 Å². The van der Waals surface area contributed by atoms with Crippen LogP contribution in [-0.2, 0) is 16.1 Å². The van der Waals surface area contributed by atoms with Crippen LogP contribution in [0.4, 0.5) is 10.5 Å². The van der Waals surface area contributed by atoms with Gasteiger partial charge in [0, 0.05) is 9.35 Å². The lowest BCUT2D eigenvalue weighted by Gasteiger charge is -2.16. The lowest BCUT2D eigenvalue weighted by Crippen LogP contribution is -2.44. The molecule has 9 heteroatoms. The Balaban J connectivity index is 1.70. The third kappa shape index (κ3) is 6.95. The number of hydrogen-bond donors (Lipinski definition) is 3. The van der Waals surface area contributed by atoms with E-state index < -0.39 is 11.9 Å². The topological polar surface area (TPSA) is 90.5 Å². The Morgan fingerprint density at radius 2 is 1.81 bits per heavy atom. The number of urea groups is 1. The highest BCUT2D eigenvalue weighted by molar-refractivity contribution is 9.10. The molecule has 26 heavy (non-hydrogen) atoms. The van der Waals surface area contributed by atoms with Crippen LogP contribution in [-0.4, -0.2) is 42.9 Å². The summed E-state index contributed by atoms with van der Waals surface area (Å²) in [6.07, 6.45) is 0. The zero-order chi connectivity index (χ0) is 18.9. The summed E-state index contributed by atoms with van der Waals surface area (Å²) in [6.45, 7) is 0.308. The molecule has 0 spiro atoms. The van der Waals surface area contributed by atoms with Crippen molar-refractivity contribution in [1.82, 2.24) is 15.5 Å². The van der Waals surface area contributed by atoms with E-state index in [0.29, 0.717) is 12.2 Å². The average molecular weight is 439 g/mol. The molecule has 0 saturated heterocycles. The van der Waals surface area contributed by atoms with Gasteiger partial charge in [-0.15, -0.1) is 11.3 Å². The number of thiophene rings is 1. The molecular weight excluding hydrogens is 420 g/mol. The quantitative estimate of drug-likeness (QED) is 0.618. The summed E-state index contributed by atoms with van der Waals surface area (Å²) >= 11 is 4.87. The van der Waals surface area contributed by atoms with Crippen molar-refractivity contribution in [2.24, 2.45) is 0 Å². The monoisotopic (exact) mass is 438 g/mol. The molecular formula is C17H19BrN4O3S. The van der Waals surface area contributed by atoms with Gasteiger partial charge >= 0.3 is 6.03 Å². The average Bonchev–Trinajstić information content (AvgIpc) is 3.08. The second kappa shape index (κ2) is 10.0. The predicted octanol–water partition coefficient (Wildman–Crippen LogP) is 2.41. The molecule has 0 aliphatic heterocycles. The van der Waals surface area contributed by atoms with E-state index in [2.05, 4.69) is 31.9 Å². The number of imide groups is 1. The summed E-state index contributed by atoms with van der Waals surface area (Å²) in [7, 11) is 1.63. The number of nitrogens with one attached hydrogen (secondary N) is 3. The maximum Gasteiger partial charge on any atom is 0.321 e. The Morgan fingerprint density at radius 3 is 2.50 bits per heavy atom. The molecule has 3 N–H and O–H groups in total. The van der Waals surface area contributed by atoms with Crippen LogP contribution in [0.2, 0.25) is 0 Å². The Kier molecular flexibility index (Phi) is 7.76. The molecule has 0 aliphatic rings. The molecule has 0 unspecified atom stereocenters. The van der Waals surface area contributed by atoms with E-state index in [1.807, 2.05) is 35.7 Å². The van der Waals surface area contributed by atoms with Crippen LogP contribution in [0.15, 0.2) is 46.3 Å². The van der Waals surface area contributed by atoms with E-state index in [-0.39, 0.29) is 19.0 Å². The molecule has 1 aromatic heterocycles. The number of likely N-dealkylation sites (N-methyl/N-ethyl adjacent to an activating group) is 1. The van der Waals surface area contributed by atoms with Crippen molar-refractivity contribution < 1.29 is 14.4 Å². The third-order valence-corrected chi connectivity index (χ3v) is 4.80. The van der Waals surface area contributed by atoms with Gasteiger partial charge in [0.25, 0.3) is 0 Å². The van der Waals surface area contributed by atoms with Gasteiger partial charge in [0.15, 0.2) is 0 Å². The van der Waals surface area contributed by atoms with Gasteiger partial charge in [-0.3, -0.25) is 19.8 Å². The second-order valence-corrected chi connectivity index (χ2v) is 7.40. The van der Waals surface area contributed by atoms with Gasteiger partial charge in [0.05, 0.1) is 25.3 Å². The number of carbonyl (C=O) groups is 3. The molecule has 1 aromatic carbocycles. The number of para-hydroxylation sites is 1. The van der Waals surface area contributed by atoms with Crippen LogP contribution in [0.3, 0.4) is 0 Å². The molecule has 2 rings (SSSR count). The van der Waals surface area contributed by atoms with Gasteiger partial charge in [-0.25, -0.2) is 4.79 Å². The fraction of sp³-hybridized carbons (Fsp3) is 0.235. The van der Waals surface area contributed by atoms with E-state index in [0.717, 1.165) is 9.35 Å². The Morgan fingerprint density at radius 1 is 1.08 bits per heavy atom. The maximum atomic E-state index is 12.0. The maximum absolute atomic E-state index is 12.0. The van der Waals surface area contributed by atoms with Gasteiger partial charge in [-0.2, -0.15) is 0 Å². The Bertz CT molecular complexity index is 767. The number of amides is 4. The molecule has 0 aliphatic carbocycles. The molecule has 2 aromatic rings. The van der Waals surface area contributed by atoms with E-state index in [9.17, 15) is 14.4 Å². The van der Waals surface area contributed by atoms with Crippen LogP contribution in [0.25, 0.3) is 0 Å². The highest BCUT2D eigenvalue weighted by atomic mass is 79.9. The van der Waals surface area contributed by atoms with Gasteiger partial charge in [-0.1, -0.05) is 18.2 Å². The summed E-state index contributed by atoms with van der Waals surface area (Å²) in [4.78, 5) is 38.1. The van der Waals surface area contributed by atoms with Crippen LogP contribution in [0.5, 0.6) is 0 Å². The number of anilines is 1. The SMILES string of the molecule is CN(CC(=O)NC(=O)NCc1cccs1)CC(=O)Nc1ccccc1Br. The minimum absolute atomic E-state index is 0.0194. The van der Waals surface area contributed by atoms with Crippen LogP contribution in [0, 0.1) is 0 Å². The van der Waals surface area contributed by atoms with Crippen LogP contribution >= 0.6 is 27.3 Å². The Labute approximate surface area is 163 Å². The molecule has 138 valence electrons. The Hall–Kier alpha value is -2.23. The largest absolute Gasteiger partial charge is 0.333 e. The van der Waals surface area contributed by atoms with Gasteiger partial charge in [-0.05, 0) is 46.6 Å². The minimum atomic E-state index is -0.561. The first-order valence-corrected chi connectivity index (χ1v) is 9.44. The lowest BCUT2D eigenvalue weighted by atomic mass is 10.3. The summed E-state index contributed by atoms with van der Waals surface area (Å²) in [5.74, 6) is -0.737. The summed E-state index contributed by atoms with van der Waals surface area (Å²) in [5.41, 5.74) is 0.656. The molecule has 1 heterocycles. The number of hydrogen-bond acceptors (Lipinski definition) is 5. The van der Waals surface area contributed by atoms with Crippen molar-refractivity contribution in [3.05, 3.63) is 51.1 Å². The molecule has 4 amide bonds. The minimum Gasteiger partial charge on any atom is -0.333 e. The molecule has 0 radical (unpaired) electrons. The number of benzene rings is 1. The summed E-state index contributed by atoms with van der Waals surface area (Å²) in [6, 6.07) is 10.5. The number of halogens is 1. The van der Waals surface area contributed by atoms with E-state index >= 15 is 0 Å². The predicted molar refractivity (Wildman–Crippen MR) is 105 cm³/mol. The zero-order valence-electron chi connectivity index (χ0n) is 14.1. The summed E-state index contributed by atoms with van der Waals surface area (Å²) < 4.78 is 0.774. The van der Waals surface area contributed by atoms with E-state index in [1.54, 1.807) is 13.1 Å². The lowest BCUT2D eigenvalue weighted by molar-refractivity contribution is -0.122. The van der Waals surface area contributed by atoms with Crippen molar-refractivity contribution >= 4 is 50.8 Å². The van der Waals surface area contributed by atoms with E-state index in [4.69, 9.17) is 0 Å². The molecule has 0 bridgehead atoms. The first-order valence-electron chi connectivity index (χ1n) is 7.77. The second-order valence-electron chi connectivity index (χ2n) is 5.51. The van der Waals surface area contributed by atoms with Gasteiger partial charge in [0.1, 0.15) is 0 Å². The highest BCUT2D eigenvalue weighted by Crippen LogP contribution is 2.20. The highest BCUT2D eigenvalue weighted by Gasteiger charge is 2.13. The third-order valence-electron chi connectivity index (χ3n) is 3.23. The van der Waals surface area contributed by atoms with Crippen molar-refractivity contribution in [3.63, 3.8) is 0 Å². The van der Waals surface area contributed by atoms with Crippen LogP contribution in [0.1, 0.15) is 4.88 Å². The molecule has 0 saturated carbocycles. The van der Waals surface area contributed by atoms with E-state index in [1.165, 1.54) is 16.2 Å². The van der Waals surface area contributed by atoms with Crippen LogP contribution < -0.4 is 16.0 Å². The fourth-order valence-electron chi connectivity index (χ4n) is 2.09. The van der Waals surface area contributed by atoms with Crippen molar-refractivity contribution in [2.45, 2.75) is 6.54 Å². The van der Waals surface area contributed by atoms with Gasteiger partial charge < -0.3 is 10.6 Å². The number of nitrogens with zero attached hydrogens (tertiary/aromatic N) is 1. The van der Waals surface area contributed by atoms with Crippen molar-refractivity contribution in [2.75, 3.05) is 25.5 Å². The first kappa shape index (κ1) is 20.1. The van der Waals surface area contributed by atoms with Gasteiger partial charge in [0.2, 0.25) is 11.8 Å². The molecule has 7 nitrogen and oxygen atoms in total. The number of rotatable bonds is 7. The number of carbonyl (C=O) groups excluding carboxylic acids is 3. The first-order chi connectivity index (χ1) is 12.4. The summed E-state index contributed by atoms with van der Waals surface area (Å²) in [5, 5.41) is 9.51. The standard InChI is InChI=1S/C17H19BrN4O3S/c1-22(10-15(23)20-14-7-3-2-6-13(14)18)11-16(24)21-17(25)19-9-12-5-4-8-26-12/h2-8H,9-11H2,1H3,(H,20,23)(H2,19,21,24,25).